The van der Waals surface area contributed by atoms with Gasteiger partial charge < -0.3 is 19.4 Å². The summed E-state index contributed by atoms with van der Waals surface area (Å²) in [5.74, 6) is 1.31. The largest absolute Gasteiger partial charge is 0.467 e. The number of methoxy groups -OCH3 is 1. The Kier molecular flexibility index (Phi) is 6.63. The molecular formula is C30H32N10O4. The van der Waals surface area contributed by atoms with E-state index < -0.39 is 0 Å². The second kappa shape index (κ2) is 10.5. The van der Waals surface area contributed by atoms with E-state index in [0.717, 1.165) is 34.7 Å². The van der Waals surface area contributed by atoms with Gasteiger partial charge in [0.2, 0.25) is 11.8 Å². The van der Waals surface area contributed by atoms with Crippen molar-refractivity contribution in [1.82, 2.24) is 34.2 Å². The number of nitrogens with zero attached hydrogens (tertiary/aromatic N) is 9. The van der Waals surface area contributed by atoms with E-state index in [1.54, 1.807) is 12.3 Å². The van der Waals surface area contributed by atoms with Crippen molar-refractivity contribution < 1.29 is 19.1 Å². The van der Waals surface area contributed by atoms with Crippen molar-refractivity contribution in [3.05, 3.63) is 59.6 Å². The number of rotatable bonds is 9. The Morgan fingerprint density at radius 1 is 1.14 bits per heavy atom. The molecule has 0 unspecified atom stereocenters. The number of aryl methyl sites for hydroxylation is 1. The van der Waals surface area contributed by atoms with Crippen molar-refractivity contribution in [2.75, 3.05) is 42.9 Å². The molecule has 0 aromatic carbocycles. The molecule has 44 heavy (non-hydrogen) atoms. The van der Waals surface area contributed by atoms with Crippen LogP contribution in [0.25, 0.3) is 5.65 Å². The van der Waals surface area contributed by atoms with Crippen LogP contribution in [0.3, 0.4) is 0 Å². The first-order valence-corrected chi connectivity index (χ1v) is 14.5. The fraction of sp³-hybridized carbons (Fsp3) is 0.400. The number of likely N-dealkylation sites (N-methyl/N-ethyl adjacent to an activating group) is 1. The smallest absolute Gasteiger partial charge is 0.331 e. The van der Waals surface area contributed by atoms with Gasteiger partial charge in [0.15, 0.2) is 5.65 Å². The zero-order valence-electron chi connectivity index (χ0n) is 24.9. The van der Waals surface area contributed by atoms with E-state index in [-0.39, 0.29) is 42.2 Å². The molecule has 4 amide bonds. The predicted octanol–water partition coefficient (Wildman–Crippen LogP) is 2.89. The molecule has 3 aliphatic rings. The summed E-state index contributed by atoms with van der Waals surface area (Å²) in [7, 11) is 4.82. The summed E-state index contributed by atoms with van der Waals surface area (Å²) in [6.07, 6.45) is 8.55. The molecule has 0 spiro atoms. The minimum Gasteiger partial charge on any atom is -0.467 e. The predicted molar refractivity (Wildman–Crippen MR) is 160 cm³/mol. The van der Waals surface area contributed by atoms with Gasteiger partial charge in [0, 0.05) is 56.3 Å². The number of urea groups is 1. The highest BCUT2D eigenvalue weighted by molar-refractivity contribution is 6.13. The number of fused-ring (bicyclic) bond motifs is 1. The maximum atomic E-state index is 13.1. The molecule has 14 nitrogen and oxygen atoms in total. The number of aromatic nitrogens is 6. The first-order chi connectivity index (χ1) is 21.2. The summed E-state index contributed by atoms with van der Waals surface area (Å²) in [5, 5.41) is 2.91. The molecule has 1 aliphatic heterocycles. The summed E-state index contributed by atoms with van der Waals surface area (Å²) in [6, 6.07) is 5.26. The highest BCUT2D eigenvalue weighted by Gasteiger charge is 2.46. The van der Waals surface area contributed by atoms with Crippen molar-refractivity contribution in [3.63, 3.8) is 0 Å². The zero-order chi connectivity index (χ0) is 30.7. The summed E-state index contributed by atoms with van der Waals surface area (Å²) in [6.45, 7) is 2.26. The highest BCUT2D eigenvalue weighted by atomic mass is 16.5. The number of amides is 4. The number of nitrogens with one attached hydrogen (secondary N) is 1. The Bertz CT molecular complexity index is 1820. The molecular weight excluding hydrogens is 564 g/mol. The monoisotopic (exact) mass is 596 g/mol. The molecule has 14 heteroatoms. The number of carbonyl (C=O) groups is 3. The van der Waals surface area contributed by atoms with Gasteiger partial charge in [-0.05, 0) is 49.8 Å². The van der Waals surface area contributed by atoms with Crippen LogP contribution in [-0.4, -0.2) is 79.8 Å². The van der Waals surface area contributed by atoms with Gasteiger partial charge in [-0.1, -0.05) is 0 Å². The van der Waals surface area contributed by atoms with E-state index in [4.69, 9.17) is 9.72 Å². The molecule has 2 atom stereocenters. The van der Waals surface area contributed by atoms with E-state index in [1.165, 1.54) is 19.1 Å². The molecule has 1 saturated heterocycles. The van der Waals surface area contributed by atoms with E-state index >= 15 is 0 Å². The number of imide groups is 1. The molecule has 2 aliphatic carbocycles. The molecule has 0 bridgehead atoms. The Morgan fingerprint density at radius 3 is 2.66 bits per heavy atom. The van der Waals surface area contributed by atoms with E-state index in [9.17, 15) is 14.4 Å². The number of hydrogen-bond acceptors (Lipinski definition) is 10. The molecule has 2 saturated carbocycles. The van der Waals surface area contributed by atoms with Crippen LogP contribution in [0.5, 0.6) is 6.01 Å². The third-order valence-electron chi connectivity index (χ3n) is 8.32. The average Bonchev–Trinajstić information content (AvgIpc) is 3.94. The lowest BCUT2D eigenvalue weighted by Crippen LogP contribution is -2.30. The molecule has 4 aromatic rings. The Morgan fingerprint density at radius 2 is 1.95 bits per heavy atom. The van der Waals surface area contributed by atoms with Gasteiger partial charge in [-0.15, -0.1) is 0 Å². The number of ether oxygens (including phenoxy) is 1. The molecule has 5 heterocycles. The molecule has 7 rings (SSSR count). The summed E-state index contributed by atoms with van der Waals surface area (Å²) in [5.41, 5.74) is 3.93. The van der Waals surface area contributed by atoms with Crippen LogP contribution in [0, 0.1) is 12.8 Å². The maximum absolute atomic E-state index is 13.1. The van der Waals surface area contributed by atoms with Crippen molar-refractivity contribution >= 4 is 40.8 Å². The van der Waals surface area contributed by atoms with Crippen LogP contribution in [0.4, 0.5) is 22.1 Å². The van der Waals surface area contributed by atoms with Crippen LogP contribution in [0.15, 0.2) is 36.8 Å². The Labute approximate surface area is 253 Å². The van der Waals surface area contributed by atoms with Crippen molar-refractivity contribution in [2.24, 2.45) is 5.92 Å². The zero-order valence-corrected chi connectivity index (χ0v) is 24.9. The van der Waals surface area contributed by atoms with Gasteiger partial charge in [0.1, 0.15) is 24.0 Å². The van der Waals surface area contributed by atoms with Gasteiger partial charge >= 0.3 is 12.0 Å². The topological polar surface area (TPSA) is 151 Å². The Balaban J connectivity index is 1.11. The number of carbonyl (C=O) groups excluding carboxylic acids is 3. The van der Waals surface area contributed by atoms with E-state index in [0.29, 0.717) is 47.7 Å². The van der Waals surface area contributed by atoms with Gasteiger partial charge in [-0.2, -0.15) is 9.97 Å². The maximum Gasteiger partial charge on any atom is 0.331 e. The second-order valence-electron chi connectivity index (χ2n) is 11.7. The van der Waals surface area contributed by atoms with Gasteiger partial charge in [0.05, 0.1) is 25.0 Å². The van der Waals surface area contributed by atoms with Gasteiger partial charge in [-0.3, -0.25) is 19.4 Å². The highest BCUT2D eigenvalue weighted by Crippen LogP contribution is 2.46. The quantitative estimate of drug-likeness (QED) is 0.286. The first kappa shape index (κ1) is 27.7. The fourth-order valence-corrected chi connectivity index (χ4v) is 5.58. The first-order valence-electron chi connectivity index (χ1n) is 14.5. The Hall–Kier alpha value is -5.14. The minimum atomic E-state index is -0.363. The normalized spacial score (nSPS) is 19.5. The van der Waals surface area contributed by atoms with Crippen LogP contribution in [-0.2, 0) is 16.1 Å². The van der Waals surface area contributed by atoms with Crippen LogP contribution < -0.4 is 19.9 Å². The third-order valence-corrected chi connectivity index (χ3v) is 8.32. The second-order valence-corrected chi connectivity index (χ2v) is 11.7. The fourth-order valence-electron chi connectivity index (χ4n) is 5.58. The van der Waals surface area contributed by atoms with Crippen LogP contribution in [0.1, 0.15) is 53.9 Å². The molecule has 3 fully saturated rings. The third kappa shape index (κ3) is 5.16. The van der Waals surface area contributed by atoms with Gasteiger partial charge in [-0.25, -0.2) is 19.7 Å². The van der Waals surface area contributed by atoms with E-state index in [1.807, 2.05) is 47.8 Å². The van der Waals surface area contributed by atoms with E-state index in [2.05, 4.69) is 25.3 Å². The summed E-state index contributed by atoms with van der Waals surface area (Å²) < 4.78 is 7.27. The average molecular weight is 597 g/mol. The van der Waals surface area contributed by atoms with Crippen molar-refractivity contribution in [1.29, 1.82) is 0 Å². The van der Waals surface area contributed by atoms with Crippen LogP contribution >= 0.6 is 0 Å². The van der Waals surface area contributed by atoms with Crippen molar-refractivity contribution in [3.8, 4) is 6.01 Å². The number of pyridine rings is 1. The minimum absolute atomic E-state index is 0.0178. The molecule has 1 N–H and O–H groups in total. The van der Waals surface area contributed by atoms with Crippen LogP contribution in [0.2, 0.25) is 0 Å². The lowest BCUT2D eigenvalue weighted by Gasteiger charge is -2.18. The number of imidazole rings is 1. The van der Waals surface area contributed by atoms with Gasteiger partial charge in [0.25, 0.3) is 0 Å². The standard InChI is InChI=1S/C30H32N10O4/c1-16-7-8-31-26(32-16)20-10-21(20)28(42)34-23-11-24(36-29(35-23)44-4)37(2)13-19-14-39-12-18(17-5-6-17)9-22(27(39)33-19)40-15-25(41)38(3)30(40)43/h7-9,11-12,14,17,20-21H,5-6,10,13,15H2,1-4H3,(H,34,35,36,42)/t20-,21-/m0/s1. The lowest BCUT2D eigenvalue weighted by molar-refractivity contribution is -0.124. The molecule has 4 aromatic heterocycles. The lowest BCUT2D eigenvalue weighted by atomic mass is 10.1. The van der Waals surface area contributed by atoms with Crippen molar-refractivity contribution in [2.45, 2.75) is 44.6 Å². The number of hydrogen-bond donors (Lipinski definition) is 1. The summed E-state index contributed by atoms with van der Waals surface area (Å²) in [4.78, 5) is 65.2. The number of anilines is 3. The molecule has 0 radical (unpaired) electrons. The summed E-state index contributed by atoms with van der Waals surface area (Å²) >= 11 is 0. The molecule has 226 valence electrons. The SMILES string of the molecule is COc1nc(NC(=O)[C@H]2C[C@@H]2c2nccc(C)n2)cc(N(C)Cc2cn3cc(C4CC4)cc(N4CC(=O)N(C)C4=O)c3n2)n1.